The Kier molecular flexibility index (Phi) is 3.07. The van der Waals surface area contributed by atoms with Crippen molar-refractivity contribution in [1.29, 1.82) is 21.0 Å². The second-order valence-electron chi connectivity index (χ2n) is 4.61. The van der Waals surface area contributed by atoms with Crippen LogP contribution in [0.5, 0.6) is 0 Å². The second kappa shape index (κ2) is 4.58. The maximum absolute atomic E-state index is 9.58. The van der Waals surface area contributed by atoms with Gasteiger partial charge in [-0.3, -0.25) is 0 Å². The average molecular weight is 262 g/mol. The highest BCUT2D eigenvalue weighted by atomic mass is 16.5. The number of nitriles is 4. The quantitative estimate of drug-likeness (QED) is 0.671. The van der Waals surface area contributed by atoms with Gasteiger partial charge in [0.2, 0.25) is 0 Å². The normalized spacial score (nSPS) is 31.9. The molecule has 5 heteroatoms. The summed E-state index contributed by atoms with van der Waals surface area (Å²) >= 11 is 0. The molecule has 0 amide bonds. The van der Waals surface area contributed by atoms with Gasteiger partial charge in [0.15, 0.2) is 10.8 Å². The number of rotatable bonds is 1. The highest BCUT2D eigenvalue weighted by Crippen LogP contribution is 2.56. The van der Waals surface area contributed by atoms with Crippen molar-refractivity contribution in [3.8, 4) is 24.3 Å². The van der Waals surface area contributed by atoms with Crippen LogP contribution in [0, 0.1) is 68.0 Å². The van der Waals surface area contributed by atoms with Gasteiger partial charge < -0.3 is 4.74 Å². The SMILES string of the molecule is CO/C1=C/C=C\C2C=CC1C(C#N)(C#N)C2(C#N)C#N. The van der Waals surface area contributed by atoms with Gasteiger partial charge in [0.25, 0.3) is 0 Å². The van der Waals surface area contributed by atoms with Crippen molar-refractivity contribution in [2.45, 2.75) is 0 Å². The van der Waals surface area contributed by atoms with Gasteiger partial charge in [-0.1, -0.05) is 24.3 Å². The van der Waals surface area contributed by atoms with Crippen molar-refractivity contribution < 1.29 is 4.74 Å². The molecule has 0 saturated carbocycles. The monoisotopic (exact) mass is 262 g/mol. The van der Waals surface area contributed by atoms with Crippen LogP contribution in [0.2, 0.25) is 0 Å². The summed E-state index contributed by atoms with van der Waals surface area (Å²) in [6.07, 6.45) is 8.33. The average Bonchev–Trinajstić information content (AvgIpc) is 2.47. The molecule has 3 aliphatic rings. The van der Waals surface area contributed by atoms with E-state index in [4.69, 9.17) is 4.74 Å². The van der Waals surface area contributed by atoms with Gasteiger partial charge in [-0.25, -0.2) is 0 Å². The molecular formula is C15H10N4O. The van der Waals surface area contributed by atoms with Crippen LogP contribution >= 0.6 is 0 Å². The minimum Gasteiger partial charge on any atom is -0.500 e. The summed E-state index contributed by atoms with van der Waals surface area (Å²) in [5, 5.41) is 38.2. The van der Waals surface area contributed by atoms with E-state index in [1.807, 2.05) is 24.3 Å². The molecule has 2 unspecified atom stereocenters. The molecular weight excluding hydrogens is 252 g/mol. The van der Waals surface area contributed by atoms with Gasteiger partial charge in [0, 0.05) is 5.92 Å². The molecule has 2 atom stereocenters. The third kappa shape index (κ3) is 1.33. The molecule has 0 aromatic carbocycles. The second-order valence-corrected chi connectivity index (χ2v) is 4.61. The zero-order valence-corrected chi connectivity index (χ0v) is 10.7. The molecule has 0 spiro atoms. The molecule has 3 aliphatic carbocycles. The molecule has 5 nitrogen and oxygen atoms in total. The first-order valence-electron chi connectivity index (χ1n) is 5.91. The van der Waals surface area contributed by atoms with E-state index in [0.717, 1.165) is 0 Å². The van der Waals surface area contributed by atoms with E-state index in [1.54, 1.807) is 30.4 Å². The van der Waals surface area contributed by atoms with Crippen molar-refractivity contribution in [3.05, 3.63) is 36.1 Å². The number of fused-ring (bicyclic) bond motifs is 2. The Hall–Kier alpha value is -3.02. The summed E-state index contributed by atoms with van der Waals surface area (Å²) in [6.45, 7) is 0. The molecule has 0 aromatic rings. The number of ether oxygens (including phenoxy) is 1. The Morgan fingerprint density at radius 1 is 0.950 bits per heavy atom. The summed E-state index contributed by atoms with van der Waals surface area (Å²) in [5.74, 6) is -0.973. The molecule has 20 heavy (non-hydrogen) atoms. The molecule has 0 fully saturated rings. The lowest BCUT2D eigenvalue weighted by Gasteiger charge is -2.43. The largest absolute Gasteiger partial charge is 0.500 e. The lowest BCUT2D eigenvalue weighted by Crippen LogP contribution is -2.50. The first-order chi connectivity index (χ1) is 9.65. The third-order valence-corrected chi connectivity index (χ3v) is 3.93. The predicted molar refractivity (Wildman–Crippen MR) is 67.7 cm³/mol. The Balaban J connectivity index is 2.87. The molecule has 0 saturated heterocycles. The van der Waals surface area contributed by atoms with Gasteiger partial charge in [-0.15, -0.1) is 0 Å². The number of allylic oxidation sites excluding steroid dienone is 5. The lowest BCUT2D eigenvalue weighted by molar-refractivity contribution is 0.141. The van der Waals surface area contributed by atoms with Crippen LogP contribution in [-0.4, -0.2) is 7.11 Å². The van der Waals surface area contributed by atoms with E-state index in [9.17, 15) is 21.0 Å². The van der Waals surface area contributed by atoms with Crippen molar-refractivity contribution >= 4 is 0 Å². The van der Waals surface area contributed by atoms with Crippen LogP contribution in [0.15, 0.2) is 36.1 Å². The molecule has 0 heterocycles. The molecule has 2 bridgehead atoms. The zero-order valence-electron chi connectivity index (χ0n) is 10.7. The van der Waals surface area contributed by atoms with Gasteiger partial charge in [0.05, 0.1) is 37.3 Å². The van der Waals surface area contributed by atoms with E-state index in [2.05, 4.69) is 0 Å². The Morgan fingerprint density at radius 2 is 1.55 bits per heavy atom. The Bertz CT molecular complexity index is 659. The minimum absolute atomic E-state index is 0.383. The molecule has 0 aliphatic heterocycles. The maximum atomic E-state index is 9.58. The molecule has 0 aromatic heterocycles. The van der Waals surface area contributed by atoms with Gasteiger partial charge in [0.1, 0.15) is 5.76 Å². The van der Waals surface area contributed by atoms with Gasteiger partial charge >= 0.3 is 0 Å². The van der Waals surface area contributed by atoms with E-state index in [1.165, 1.54) is 7.11 Å². The molecule has 3 rings (SSSR count). The van der Waals surface area contributed by atoms with Crippen LogP contribution < -0.4 is 0 Å². The fourth-order valence-corrected chi connectivity index (χ4v) is 2.80. The fourth-order valence-electron chi connectivity index (χ4n) is 2.80. The van der Waals surface area contributed by atoms with E-state index >= 15 is 0 Å². The number of hydrogen-bond donors (Lipinski definition) is 0. The maximum Gasteiger partial charge on any atom is 0.189 e. The standard InChI is InChI=1S/C15H10N4O/c1-20-13-4-2-3-11-5-6-12(13)15(9-18,10-19)14(11,7-16)8-17/h2-6,11-12H,1H3/b3-2-,13-4+. The third-order valence-electron chi connectivity index (χ3n) is 3.93. The van der Waals surface area contributed by atoms with Crippen molar-refractivity contribution in [1.82, 2.24) is 0 Å². The highest BCUT2D eigenvalue weighted by Gasteiger charge is 2.64. The number of methoxy groups -OCH3 is 1. The summed E-state index contributed by atoms with van der Waals surface area (Å²) < 4.78 is 5.23. The Morgan fingerprint density at radius 3 is 2.05 bits per heavy atom. The van der Waals surface area contributed by atoms with Crippen molar-refractivity contribution in [2.24, 2.45) is 22.7 Å². The first-order valence-corrected chi connectivity index (χ1v) is 5.91. The van der Waals surface area contributed by atoms with Gasteiger partial charge in [-0.05, 0) is 6.08 Å². The van der Waals surface area contributed by atoms with Crippen LogP contribution in [-0.2, 0) is 4.74 Å². The van der Waals surface area contributed by atoms with Crippen molar-refractivity contribution in [3.63, 3.8) is 0 Å². The van der Waals surface area contributed by atoms with Crippen LogP contribution in [0.3, 0.4) is 0 Å². The number of hydrogen-bond acceptors (Lipinski definition) is 5. The summed E-state index contributed by atoms with van der Waals surface area (Å²) in [4.78, 5) is 0. The fraction of sp³-hybridized carbons (Fsp3) is 0.333. The van der Waals surface area contributed by atoms with Crippen LogP contribution in [0.1, 0.15) is 0 Å². The highest BCUT2D eigenvalue weighted by molar-refractivity contribution is 5.48. The number of nitrogens with zero attached hydrogens (tertiary/aromatic N) is 4. The zero-order chi connectivity index (χ0) is 14.8. The van der Waals surface area contributed by atoms with Crippen LogP contribution in [0.25, 0.3) is 0 Å². The topological polar surface area (TPSA) is 104 Å². The first kappa shape index (κ1) is 13.4. The molecule has 0 N–H and O–H groups in total. The minimum atomic E-state index is -1.80. The van der Waals surface area contributed by atoms with Crippen molar-refractivity contribution in [2.75, 3.05) is 7.11 Å². The summed E-state index contributed by atoms with van der Waals surface area (Å²) in [7, 11) is 1.43. The smallest absolute Gasteiger partial charge is 0.189 e. The van der Waals surface area contributed by atoms with E-state index in [-0.39, 0.29) is 0 Å². The molecule has 96 valence electrons. The lowest BCUT2D eigenvalue weighted by atomic mass is 9.51. The van der Waals surface area contributed by atoms with Crippen LogP contribution in [0.4, 0.5) is 0 Å². The van der Waals surface area contributed by atoms with E-state index < -0.39 is 22.7 Å². The summed E-state index contributed by atoms with van der Waals surface area (Å²) in [5.41, 5.74) is -3.56. The molecule has 0 radical (unpaired) electrons. The van der Waals surface area contributed by atoms with Gasteiger partial charge in [-0.2, -0.15) is 21.0 Å². The summed E-state index contributed by atoms with van der Waals surface area (Å²) in [6, 6.07) is 7.65. The Labute approximate surface area is 116 Å². The van der Waals surface area contributed by atoms with E-state index in [0.29, 0.717) is 5.76 Å². The predicted octanol–water partition coefficient (Wildman–Crippen LogP) is 1.96.